The summed E-state index contributed by atoms with van der Waals surface area (Å²) in [5.41, 5.74) is 1.51. The highest BCUT2D eigenvalue weighted by molar-refractivity contribution is 6.30. The minimum absolute atomic E-state index is 0.435. The smallest absolute Gasteiger partial charge is 0.224 e. The van der Waals surface area contributed by atoms with Crippen LogP contribution in [-0.4, -0.2) is 21.2 Å². The summed E-state index contributed by atoms with van der Waals surface area (Å²) >= 11 is 5.97. The van der Waals surface area contributed by atoms with Crippen molar-refractivity contribution in [2.75, 3.05) is 6.61 Å². The van der Waals surface area contributed by atoms with Gasteiger partial charge in [-0.25, -0.2) is 4.98 Å². The SMILES string of the molecule is CCOCc1cc(Oc2cccc(Cl)c2)n2nccc2n1. The second-order valence-corrected chi connectivity index (χ2v) is 4.82. The van der Waals surface area contributed by atoms with E-state index in [9.17, 15) is 0 Å². The Bertz CT molecular complexity index is 758. The highest BCUT2D eigenvalue weighted by Gasteiger charge is 2.09. The molecule has 108 valence electrons. The third-order valence-electron chi connectivity index (χ3n) is 2.85. The van der Waals surface area contributed by atoms with Crippen LogP contribution in [0.15, 0.2) is 42.6 Å². The lowest BCUT2D eigenvalue weighted by molar-refractivity contribution is 0.131. The van der Waals surface area contributed by atoms with Crippen LogP contribution in [0.5, 0.6) is 11.6 Å². The molecule has 5 nitrogen and oxygen atoms in total. The molecule has 0 aliphatic carbocycles. The van der Waals surface area contributed by atoms with Crippen molar-refractivity contribution in [1.29, 1.82) is 0 Å². The van der Waals surface area contributed by atoms with Gasteiger partial charge in [0.15, 0.2) is 5.65 Å². The molecular formula is C15H14ClN3O2. The van der Waals surface area contributed by atoms with Gasteiger partial charge in [0.1, 0.15) is 5.75 Å². The van der Waals surface area contributed by atoms with Crippen molar-refractivity contribution in [2.24, 2.45) is 0 Å². The molecule has 0 saturated heterocycles. The summed E-state index contributed by atoms with van der Waals surface area (Å²) in [6.07, 6.45) is 1.68. The number of benzene rings is 1. The van der Waals surface area contributed by atoms with Crippen LogP contribution < -0.4 is 4.74 Å². The molecule has 21 heavy (non-hydrogen) atoms. The summed E-state index contributed by atoms with van der Waals surface area (Å²) < 4.78 is 12.9. The van der Waals surface area contributed by atoms with Crippen molar-refractivity contribution >= 4 is 17.2 Å². The molecule has 0 spiro atoms. The first kappa shape index (κ1) is 13.9. The first-order chi connectivity index (χ1) is 10.3. The highest BCUT2D eigenvalue weighted by atomic mass is 35.5. The minimum atomic E-state index is 0.435. The fourth-order valence-electron chi connectivity index (χ4n) is 1.94. The van der Waals surface area contributed by atoms with Crippen LogP contribution in [0.25, 0.3) is 5.65 Å². The molecule has 0 N–H and O–H groups in total. The molecule has 1 aromatic carbocycles. The van der Waals surface area contributed by atoms with E-state index < -0.39 is 0 Å². The van der Waals surface area contributed by atoms with E-state index in [1.807, 2.05) is 31.2 Å². The Hall–Kier alpha value is -2.11. The van der Waals surface area contributed by atoms with E-state index in [1.54, 1.807) is 22.8 Å². The number of nitrogens with zero attached hydrogens (tertiary/aromatic N) is 3. The van der Waals surface area contributed by atoms with Gasteiger partial charge in [0.05, 0.1) is 18.5 Å². The van der Waals surface area contributed by atoms with Crippen molar-refractivity contribution in [3.05, 3.63) is 53.3 Å². The molecule has 0 radical (unpaired) electrons. The van der Waals surface area contributed by atoms with E-state index in [0.29, 0.717) is 35.5 Å². The van der Waals surface area contributed by atoms with Crippen molar-refractivity contribution in [3.8, 4) is 11.6 Å². The van der Waals surface area contributed by atoms with E-state index in [1.165, 1.54) is 0 Å². The van der Waals surface area contributed by atoms with E-state index in [4.69, 9.17) is 21.1 Å². The minimum Gasteiger partial charge on any atom is -0.439 e. The largest absolute Gasteiger partial charge is 0.439 e. The van der Waals surface area contributed by atoms with E-state index >= 15 is 0 Å². The molecule has 2 heterocycles. The number of rotatable bonds is 5. The first-order valence-corrected chi connectivity index (χ1v) is 6.99. The van der Waals surface area contributed by atoms with Gasteiger partial charge in [0, 0.05) is 23.8 Å². The van der Waals surface area contributed by atoms with Crippen molar-refractivity contribution < 1.29 is 9.47 Å². The molecule has 0 amide bonds. The number of hydrogen-bond donors (Lipinski definition) is 0. The van der Waals surface area contributed by atoms with E-state index in [0.717, 1.165) is 5.69 Å². The Labute approximate surface area is 127 Å². The number of halogens is 1. The summed E-state index contributed by atoms with van der Waals surface area (Å²) in [4.78, 5) is 4.46. The van der Waals surface area contributed by atoms with E-state index in [-0.39, 0.29) is 0 Å². The summed E-state index contributed by atoms with van der Waals surface area (Å²) in [5, 5.41) is 4.83. The maximum atomic E-state index is 5.97. The lowest BCUT2D eigenvalue weighted by Crippen LogP contribution is -2.02. The summed E-state index contributed by atoms with van der Waals surface area (Å²) in [7, 11) is 0. The van der Waals surface area contributed by atoms with Gasteiger partial charge in [0.25, 0.3) is 0 Å². The van der Waals surface area contributed by atoms with Gasteiger partial charge >= 0.3 is 0 Å². The average molecular weight is 304 g/mol. The van der Waals surface area contributed by atoms with Crippen LogP contribution in [0.3, 0.4) is 0 Å². The zero-order chi connectivity index (χ0) is 14.7. The van der Waals surface area contributed by atoms with Gasteiger partial charge in [-0.15, -0.1) is 0 Å². The first-order valence-electron chi connectivity index (χ1n) is 6.61. The fraction of sp³-hybridized carbons (Fsp3) is 0.200. The second-order valence-electron chi connectivity index (χ2n) is 4.38. The van der Waals surface area contributed by atoms with Crippen LogP contribution in [0, 0.1) is 0 Å². The molecule has 2 aromatic heterocycles. The van der Waals surface area contributed by atoms with Crippen LogP contribution in [0.1, 0.15) is 12.6 Å². The number of hydrogen-bond acceptors (Lipinski definition) is 4. The predicted molar refractivity (Wildman–Crippen MR) is 79.8 cm³/mol. The molecule has 0 atom stereocenters. The number of fused-ring (bicyclic) bond motifs is 1. The Morgan fingerprint density at radius 2 is 2.14 bits per heavy atom. The van der Waals surface area contributed by atoms with Gasteiger partial charge in [-0.05, 0) is 25.1 Å². The topological polar surface area (TPSA) is 48.7 Å². The standard InChI is InChI=1S/C15H14ClN3O2/c1-2-20-10-12-9-15(19-14(18-12)6-7-17-19)21-13-5-3-4-11(16)8-13/h3-9H,2,10H2,1H3. The van der Waals surface area contributed by atoms with Gasteiger partial charge < -0.3 is 9.47 Å². The zero-order valence-corrected chi connectivity index (χ0v) is 12.2. The quantitative estimate of drug-likeness (QED) is 0.721. The summed E-state index contributed by atoms with van der Waals surface area (Å²) in [5.74, 6) is 1.22. The van der Waals surface area contributed by atoms with E-state index in [2.05, 4.69) is 10.1 Å². The summed E-state index contributed by atoms with van der Waals surface area (Å²) in [6, 6.07) is 10.9. The Balaban J connectivity index is 1.97. The molecule has 0 aliphatic rings. The fourth-order valence-corrected chi connectivity index (χ4v) is 2.12. The molecular weight excluding hydrogens is 290 g/mol. The normalized spacial score (nSPS) is 11.0. The molecule has 0 fully saturated rings. The van der Waals surface area contributed by atoms with Gasteiger partial charge in [-0.3, -0.25) is 0 Å². The molecule has 3 rings (SSSR count). The molecule has 6 heteroatoms. The second kappa shape index (κ2) is 6.11. The predicted octanol–water partition coefficient (Wildman–Crippen LogP) is 3.71. The lowest BCUT2D eigenvalue weighted by Gasteiger charge is -2.09. The lowest BCUT2D eigenvalue weighted by atomic mass is 10.3. The van der Waals surface area contributed by atoms with Crippen LogP contribution in [-0.2, 0) is 11.3 Å². The Morgan fingerprint density at radius 1 is 1.24 bits per heavy atom. The monoisotopic (exact) mass is 303 g/mol. The van der Waals surface area contributed by atoms with Crippen molar-refractivity contribution in [1.82, 2.24) is 14.6 Å². The molecule has 0 unspecified atom stereocenters. The van der Waals surface area contributed by atoms with Crippen LogP contribution in [0.4, 0.5) is 0 Å². The Morgan fingerprint density at radius 3 is 2.95 bits per heavy atom. The van der Waals surface area contributed by atoms with Crippen LogP contribution >= 0.6 is 11.6 Å². The van der Waals surface area contributed by atoms with Crippen LogP contribution in [0.2, 0.25) is 5.02 Å². The van der Waals surface area contributed by atoms with Crippen molar-refractivity contribution in [2.45, 2.75) is 13.5 Å². The third kappa shape index (κ3) is 3.15. The van der Waals surface area contributed by atoms with Crippen molar-refractivity contribution in [3.63, 3.8) is 0 Å². The van der Waals surface area contributed by atoms with Gasteiger partial charge in [0.2, 0.25) is 5.88 Å². The average Bonchev–Trinajstić information content (AvgIpc) is 2.94. The molecule has 0 aliphatic heterocycles. The molecule has 0 bridgehead atoms. The number of aromatic nitrogens is 3. The van der Waals surface area contributed by atoms with Gasteiger partial charge in [-0.2, -0.15) is 9.61 Å². The maximum Gasteiger partial charge on any atom is 0.224 e. The van der Waals surface area contributed by atoms with Gasteiger partial charge in [-0.1, -0.05) is 17.7 Å². The molecule has 0 saturated carbocycles. The highest BCUT2D eigenvalue weighted by Crippen LogP contribution is 2.25. The number of ether oxygens (including phenoxy) is 2. The summed E-state index contributed by atoms with van der Waals surface area (Å²) in [6.45, 7) is 3.02. The third-order valence-corrected chi connectivity index (χ3v) is 3.09. The maximum absolute atomic E-state index is 5.97. The molecule has 3 aromatic rings. The zero-order valence-electron chi connectivity index (χ0n) is 11.5. The Kier molecular flexibility index (Phi) is 4.03.